The second-order valence-corrected chi connectivity index (χ2v) is 3.89. The molecule has 0 rings (SSSR count). The van der Waals surface area contributed by atoms with E-state index in [-0.39, 0.29) is 0 Å². The Morgan fingerprint density at radius 3 is 2.43 bits per heavy atom. The van der Waals surface area contributed by atoms with E-state index < -0.39 is 0 Å². The van der Waals surface area contributed by atoms with Crippen LogP contribution in [-0.4, -0.2) is 40.0 Å². The average Bonchev–Trinajstić information content (AvgIpc) is 2.15. The first-order valence-corrected chi connectivity index (χ1v) is 5.54. The van der Waals surface area contributed by atoms with Gasteiger partial charge in [0.05, 0.1) is 13.2 Å². The summed E-state index contributed by atoms with van der Waals surface area (Å²) >= 11 is 0. The summed E-state index contributed by atoms with van der Waals surface area (Å²) in [5, 5.41) is 3.24. The molecule has 0 aromatic carbocycles. The van der Waals surface area contributed by atoms with Crippen molar-refractivity contribution in [2.75, 3.05) is 40.0 Å². The lowest BCUT2D eigenvalue weighted by Gasteiger charge is -2.06. The molecule has 0 atom stereocenters. The Kier molecular flexibility index (Phi) is 10.9. The van der Waals surface area contributed by atoms with Gasteiger partial charge in [0.25, 0.3) is 0 Å². The summed E-state index contributed by atoms with van der Waals surface area (Å²) in [4.78, 5) is 0. The van der Waals surface area contributed by atoms with Crippen molar-refractivity contribution in [3.8, 4) is 0 Å². The minimum absolute atomic E-state index is 0.771. The van der Waals surface area contributed by atoms with Crippen molar-refractivity contribution in [2.24, 2.45) is 5.92 Å². The van der Waals surface area contributed by atoms with Crippen molar-refractivity contribution < 1.29 is 9.47 Å². The van der Waals surface area contributed by atoms with Crippen LogP contribution in [-0.2, 0) is 9.47 Å². The Balaban J connectivity index is 2.85. The van der Waals surface area contributed by atoms with E-state index in [1.807, 2.05) is 0 Å². The molecule has 0 saturated heterocycles. The van der Waals surface area contributed by atoms with Gasteiger partial charge in [-0.1, -0.05) is 13.8 Å². The van der Waals surface area contributed by atoms with E-state index in [0.29, 0.717) is 0 Å². The summed E-state index contributed by atoms with van der Waals surface area (Å²) in [6, 6.07) is 0. The Labute approximate surface area is 88.2 Å². The first-order chi connectivity index (χ1) is 6.77. The lowest BCUT2D eigenvalue weighted by atomic mass is 10.1. The Morgan fingerprint density at radius 1 is 1.07 bits per heavy atom. The van der Waals surface area contributed by atoms with E-state index in [4.69, 9.17) is 9.47 Å². The molecule has 14 heavy (non-hydrogen) atoms. The van der Waals surface area contributed by atoms with Crippen LogP contribution in [0.1, 0.15) is 26.7 Å². The zero-order chi connectivity index (χ0) is 10.6. The van der Waals surface area contributed by atoms with E-state index >= 15 is 0 Å². The van der Waals surface area contributed by atoms with Gasteiger partial charge in [0, 0.05) is 26.8 Å². The van der Waals surface area contributed by atoms with Gasteiger partial charge >= 0.3 is 0 Å². The number of ether oxygens (including phenoxy) is 2. The SMILES string of the molecule is COCCNCCOCCCC(C)C. The smallest absolute Gasteiger partial charge is 0.0590 e. The molecule has 86 valence electrons. The Bertz CT molecular complexity index is 107. The molecule has 0 heterocycles. The maximum absolute atomic E-state index is 5.46. The van der Waals surface area contributed by atoms with E-state index in [2.05, 4.69) is 19.2 Å². The van der Waals surface area contributed by atoms with Crippen molar-refractivity contribution in [2.45, 2.75) is 26.7 Å². The maximum Gasteiger partial charge on any atom is 0.0590 e. The van der Waals surface area contributed by atoms with Gasteiger partial charge in [-0.3, -0.25) is 0 Å². The Morgan fingerprint density at radius 2 is 1.79 bits per heavy atom. The molecular formula is C11H25NO2. The van der Waals surface area contributed by atoms with Crippen LogP contribution in [0, 0.1) is 5.92 Å². The molecular weight excluding hydrogens is 178 g/mol. The summed E-state index contributed by atoms with van der Waals surface area (Å²) in [5.41, 5.74) is 0. The van der Waals surface area contributed by atoms with Gasteiger partial charge in [-0.25, -0.2) is 0 Å². The zero-order valence-corrected chi connectivity index (χ0v) is 9.84. The molecule has 0 radical (unpaired) electrons. The van der Waals surface area contributed by atoms with E-state index in [1.165, 1.54) is 12.8 Å². The van der Waals surface area contributed by atoms with Crippen molar-refractivity contribution in [1.82, 2.24) is 5.32 Å². The molecule has 0 aliphatic rings. The molecule has 0 aromatic rings. The first kappa shape index (κ1) is 13.9. The molecule has 0 bridgehead atoms. The third kappa shape index (κ3) is 11.9. The minimum Gasteiger partial charge on any atom is -0.383 e. The van der Waals surface area contributed by atoms with Gasteiger partial charge in [0.2, 0.25) is 0 Å². The molecule has 0 fully saturated rings. The van der Waals surface area contributed by atoms with Crippen molar-refractivity contribution in [3.05, 3.63) is 0 Å². The molecule has 0 aromatic heterocycles. The predicted molar refractivity (Wildman–Crippen MR) is 59.6 cm³/mol. The quantitative estimate of drug-likeness (QED) is 0.548. The fraction of sp³-hybridized carbons (Fsp3) is 1.00. The summed E-state index contributed by atoms with van der Waals surface area (Å²) in [6.07, 6.45) is 2.44. The highest BCUT2D eigenvalue weighted by atomic mass is 16.5. The topological polar surface area (TPSA) is 30.5 Å². The lowest BCUT2D eigenvalue weighted by Crippen LogP contribution is -2.23. The fourth-order valence-corrected chi connectivity index (χ4v) is 1.14. The molecule has 0 spiro atoms. The molecule has 3 nitrogen and oxygen atoms in total. The van der Waals surface area contributed by atoms with Gasteiger partial charge in [0.15, 0.2) is 0 Å². The third-order valence-electron chi connectivity index (χ3n) is 1.98. The summed E-state index contributed by atoms with van der Waals surface area (Å²) in [7, 11) is 1.71. The van der Waals surface area contributed by atoms with E-state index in [9.17, 15) is 0 Å². The highest BCUT2D eigenvalue weighted by Gasteiger charge is 1.93. The van der Waals surface area contributed by atoms with E-state index in [1.54, 1.807) is 7.11 Å². The average molecular weight is 203 g/mol. The molecule has 0 unspecified atom stereocenters. The van der Waals surface area contributed by atoms with Gasteiger partial charge < -0.3 is 14.8 Å². The monoisotopic (exact) mass is 203 g/mol. The van der Waals surface area contributed by atoms with Crippen molar-refractivity contribution in [3.63, 3.8) is 0 Å². The summed E-state index contributed by atoms with van der Waals surface area (Å²) in [5.74, 6) is 0.790. The first-order valence-electron chi connectivity index (χ1n) is 5.54. The van der Waals surface area contributed by atoms with Crippen LogP contribution in [0.15, 0.2) is 0 Å². The Hall–Kier alpha value is -0.120. The molecule has 0 aliphatic heterocycles. The largest absolute Gasteiger partial charge is 0.383 e. The highest BCUT2D eigenvalue weighted by molar-refractivity contribution is 4.47. The van der Waals surface area contributed by atoms with Gasteiger partial charge in [-0.05, 0) is 18.8 Å². The minimum atomic E-state index is 0.771. The second-order valence-electron chi connectivity index (χ2n) is 3.89. The number of methoxy groups -OCH3 is 1. The predicted octanol–water partition coefficient (Wildman–Crippen LogP) is 1.68. The zero-order valence-electron chi connectivity index (χ0n) is 9.84. The van der Waals surface area contributed by atoms with Crippen LogP contribution in [0.3, 0.4) is 0 Å². The molecule has 0 saturated carbocycles. The maximum atomic E-state index is 5.46. The summed E-state index contributed by atoms with van der Waals surface area (Å²) in [6.45, 7) is 8.79. The van der Waals surface area contributed by atoms with Gasteiger partial charge in [-0.15, -0.1) is 0 Å². The van der Waals surface area contributed by atoms with E-state index in [0.717, 1.165) is 38.8 Å². The van der Waals surface area contributed by atoms with Crippen LogP contribution in [0.4, 0.5) is 0 Å². The van der Waals surface area contributed by atoms with Crippen molar-refractivity contribution >= 4 is 0 Å². The standard InChI is InChI=1S/C11H25NO2/c1-11(2)5-4-8-14-10-7-12-6-9-13-3/h11-12H,4-10H2,1-3H3. The summed E-state index contributed by atoms with van der Waals surface area (Å²) < 4.78 is 10.4. The number of hydrogen-bond donors (Lipinski definition) is 1. The van der Waals surface area contributed by atoms with Crippen LogP contribution in [0.5, 0.6) is 0 Å². The van der Waals surface area contributed by atoms with Crippen LogP contribution in [0.25, 0.3) is 0 Å². The fourth-order valence-electron chi connectivity index (χ4n) is 1.14. The van der Waals surface area contributed by atoms with Crippen molar-refractivity contribution in [1.29, 1.82) is 0 Å². The lowest BCUT2D eigenvalue weighted by molar-refractivity contribution is 0.126. The molecule has 0 amide bonds. The van der Waals surface area contributed by atoms with Crippen LogP contribution < -0.4 is 5.32 Å². The second kappa shape index (κ2) is 11.0. The number of nitrogens with one attached hydrogen (secondary N) is 1. The normalized spacial score (nSPS) is 11.1. The highest BCUT2D eigenvalue weighted by Crippen LogP contribution is 2.02. The van der Waals surface area contributed by atoms with Gasteiger partial charge in [0.1, 0.15) is 0 Å². The van der Waals surface area contributed by atoms with Crippen LogP contribution >= 0.6 is 0 Å². The van der Waals surface area contributed by atoms with Crippen LogP contribution in [0.2, 0.25) is 0 Å². The molecule has 1 N–H and O–H groups in total. The third-order valence-corrected chi connectivity index (χ3v) is 1.98. The molecule has 0 aliphatic carbocycles. The number of hydrogen-bond acceptors (Lipinski definition) is 3. The number of rotatable bonds is 10. The molecule has 3 heteroatoms. The van der Waals surface area contributed by atoms with Gasteiger partial charge in [-0.2, -0.15) is 0 Å².